The van der Waals surface area contributed by atoms with Gasteiger partial charge in [0.15, 0.2) is 0 Å². The highest BCUT2D eigenvalue weighted by Crippen LogP contribution is 2.44. The molecule has 0 aromatic heterocycles. The van der Waals surface area contributed by atoms with Crippen molar-refractivity contribution < 1.29 is 19.7 Å². The van der Waals surface area contributed by atoms with E-state index < -0.39 is 18.3 Å². The monoisotopic (exact) mass is 431 g/mol. The van der Waals surface area contributed by atoms with Crippen LogP contribution in [0.25, 0.3) is 11.1 Å². The van der Waals surface area contributed by atoms with E-state index in [0.717, 1.165) is 27.8 Å². The number of hydrogen-bond acceptors (Lipinski definition) is 4. The fraction of sp³-hybridized carbons (Fsp3) is 0.296. The van der Waals surface area contributed by atoms with Gasteiger partial charge in [0.1, 0.15) is 12.7 Å². The summed E-state index contributed by atoms with van der Waals surface area (Å²) in [7, 11) is 0. The van der Waals surface area contributed by atoms with Crippen LogP contribution in [-0.2, 0) is 4.74 Å². The molecule has 1 aliphatic rings. The molecule has 0 saturated heterocycles. The molecule has 2 atom stereocenters. The zero-order chi connectivity index (χ0) is 22.7. The minimum atomic E-state index is -1.000. The number of alkyl carbamates (subject to hydrolysis) is 1. The molecule has 2 unspecified atom stereocenters. The number of amides is 1. The third kappa shape index (κ3) is 4.40. The second-order valence-corrected chi connectivity index (χ2v) is 8.36. The first kappa shape index (κ1) is 22.1. The molecule has 32 heavy (non-hydrogen) atoms. The molecule has 0 bridgehead atoms. The van der Waals surface area contributed by atoms with Crippen LogP contribution in [0.2, 0.25) is 0 Å². The number of aryl methyl sites for hydroxylation is 2. The fourth-order valence-electron chi connectivity index (χ4n) is 4.62. The summed E-state index contributed by atoms with van der Waals surface area (Å²) in [6.07, 6.45) is -2.29. The zero-order valence-corrected chi connectivity index (χ0v) is 18.4. The van der Waals surface area contributed by atoms with E-state index in [0.29, 0.717) is 0 Å². The van der Waals surface area contributed by atoms with Gasteiger partial charge in [-0.3, -0.25) is 0 Å². The van der Waals surface area contributed by atoms with Crippen LogP contribution in [0.4, 0.5) is 4.79 Å². The number of ether oxygens (including phenoxy) is 1. The van der Waals surface area contributed by atoms with Crippen LogP contribution in [0, 0.1) is 13.8 Å². The summed E-state index contributed by atoms with van der Waals surface area (Å²) in [6.45, 7) is 4.27. The molecule has 3 aromatic carbocycles. The fourth-order valence-corrected chi connectivity index (χ4v) is 4.62. The maximum absolute atomic E-state index is 12.3. The summed E-state index contributed by atoms with van der Waals surface area (Å²) >= 11 is 0. The highest BCUT2D eigenvalue weighted by atomic mass is 16.5. The van der Waals surface area contributed by atoms with Crippen molar-refractivity contribution >= 4 is 6.09 Å². The third-order valence-electron chi connectivity index (χ3n) is 6.26. The van der Waals surface area contributed by atoms with Crippen LogP contribution < -0.4 is 5.32 Å². The first-order chi connectivity index (χ1) is 15.5. The predicted molar refractivity (Wildman–Crippen MR) is 125 cm³/mol. The van der Waals surface area contributed by atoms with Crippen LogP contribution in [0.3, 0.4) is 0 Å². The molecule has 4 rings (SSSR count). The summed E-state index contributed by atoms with van der Waals surface area (Å²) in [6, 6.07) is 22.1. The number of carbonyl (C=O) groups is 1. The lowest BCUT2D eigenvalue weighted by Gasteiger charge is -2.22. The molecule has 0 saturated carbocycles. The number of nitrogens with one attached hydrogen (secondary N) is 1. The second kappa shape index (κ2) is 9.55. The number of aliphatic hydroxyl groups excluding tert-OH is 2. The van der Waals surface area contributed by atoms with Crippen molar-refractivity contribution in [1.82, 2.24) is 5.32 Å². The summed E-state index contributed by atoms with van der Waals surface area (Å²) in [5.74, 6) is 0.00425. The van der Waals surface area contributed by atoms with E-state index in [-0.39, 0.29) is 25.5 Å². The van der Waals surface area contributed by atoms with E-state index in [9.17, 15) is 15.0 Å². The molecular formula is C27H29NO4. The highest BCUT2D eigenvalue weighted by molar-refractivity contribution is 5.79. The van der Waals surface area contributed by atoms with E-state index >= 15 is 0 Å². The van der Waals surface area contributed by atoms with Gasteiger partial charge in [0.05, 0.1) is 6.10 Å². The van der Waals surface area contributed by atoms with Gasteiger partial charge < -0.3 is 20.3 Å². The number of hydrogen-bond donors (Lipinski definition) is 3. The zero-order valence-electron chi connectivity index (χ0n) is 18.4. The molecule has 166 valence electrons. The SMILES string of the molecule is Cc1cccc(C)c1C(O)C(O)CCNC(=O)OCC1c2ccccc2-c2ccccc21. The molecule has 5 nitrogen and oxygen atoms in total. The lowest BCUT2D eigenvalue weighted by molar-refractivity contribution is 0.0129. The van der Waals surface area contributed by atoms with Crippen molar-refractivity contribution in [3.63, 3.8) is 0 Å². The van der Waals surface area contributed by atoms with Crippen LogP contribution in [0.15, 0.2) is 66.7 Å². The number of carbonyl (C=O) groups excluding carboxylic acids is 1. The quantitative estimate of drug-likeness (QED) is 0.510. The first-order valence-electron chi connectivity index (χ1n) is 11.0. The normalized spacial score (nSPS) is 14.4. The Bertz CT molecular complexity index is 1040. The Morgan fingerprint density at radius 2 is 1.47 bits per heavy atom. The molecule has 0 heterocycles. The summed E-state index contributed by atoms with van der Waals surface area (Å²) < 4.78 is 5.51. The van der Waals surface area contributed by atoms with Crippen molar-refractivity contribution in [2.75, 3.05) is 13.2 Å². The second-order valence-electron chi connectivity index (χ2n) is 8.36. The Kier molecular flexibility index (Phi) is 6.58. The summed E-state index contributed by atoms with van der Waals surface area (Å²) in [5.41, 5.74) is 7.28. The molecule has 0 spiro atoms. The van der Waals surface area contributed by atoms with E-state index in [1.165, 1.54) is 11.1 Å². The third-order valence-corrected chi connectivity index (χ3v) is 6.26. The van der Waals surface area contributed by atoms with Crippen LogP contribution in [0.5, 0.6) is 0 Å². The number of fused-ring (bicyclic) bond motifs is 3. The standard InChI is InChI=1S/C27H29NO4/c1-17-8-7-9-18(2)25(17)26(30)24(29)14-15-28-27(31)32-16-23-21-12-5-3-10-19(21)20-11-4-6-13-22(20)23/h3-13,23-24,26,29-30H,14-16H2,1-2H3,(H,28,31). The summed E-state index contributed by atoms with van der Waals surface area (Å²) in [5, 5.41) is 23.7. The van der Waals surface area contributed by atoms with Crippen molar-refractivity contribution in [1.29, 1.82) is 0 Å². The molecule has 0 aliphatic heterocycles. The number of benzene rings is 3. The van der Waals surface area contributed by atoms with E-state index in [4.69, 9.17) is 4.74 Å². The van der Waals surface area contributed by atoms with Gasteiger partial charge in [0, 0.05) is 12.5 Å². The summed E-state index contributed by atoms with van der Waals surface area (Å²) in [4.78, 5) is 12.3. The smallest absolute Gasteiger partial charge is 0.407 e. The predicted octanol–water partition coefficient (Wildman–Crippen LogP) is 4.63. The van der Waals surface area contributed by atoms with Crippen molar-refractivity contribution in [3.05, 3.63) is 94.5 Å². The molecule has 3 N–H and O–H groups in total. The Labute approximate surface area is 188 Å². The van der Waals surface area contributed by atoms with Crippen molar-refractivity contribution in [3.8, 4) is 11.1 Å². The van der Waals surface area contributed by atoms with Gasteiger partial charge in [0.2, 0.25) is 0 Å². The van der Waals surface area contributed by atoms with Gasteiger partial charge >= 0.3 is 6.09 Å². The Balaban J connectivity index is 1.30. The first-order valence-corrected chi connectivity index (χ1v) is 11.0. The topological polar surface area (TPSA) is 78.8 Å². The molecule has 5 heteroatoms. The van der Waals surface area contributed by atoms with E-state index in [1.54, 1.807) is 0 Å². The molecule has 0 radical (unpaired) electrons. The van der Waals surface area contributed by atoms with Gasteiger partial charge in [-0.25, -0.2) is 4.79 Å². The van der Waals surface area contributed by atoms with Gasteiger partial charge in [-0.05, 0) is 59.2 Å². The lowest BCUT2D eigenvalue weighted by atomic mass is 9.94. The number of aliphatic hydroxyl groups is 2. The minimum absolute atomic E-state index is 0.00425. The maximum Gasteiger partial charge on any atom is 0.407 e. The molecule has 0 fully saturated rings. The van der Waals surface area contributed by atoms with E-state index in [2.05, 4.69) is 29.6 Å². The van der Waals surface area contributed by atoms with E-state index in [1.807, 2.05) is 56.3 Å². The Hall–Kier alpha value is -3.15. The largest absolute Gasteiger partial charge is 0.449 e. The van der Waals surface area contributed by atoms with Gasteiger partial charge in [0.25, 0.3) is 0 Å². The molecule has 1 aliphatic carbocycles. The van der Waals surface area contributed by atoms with Crippen LogP contribution >= 0.6 is 0 Å². The number of rotatable bonds is 7. The highest BCUT2D eigenvalue weighted by Gasteiger charge is 2.29. The van der Waals surface area contributed by atoms with Gasteiger partial charge in [-0.2, -0.15) is 0 Å². The molecule has 3 aromatic rings. The lowest BCUT2D eigenvalue weighted by Crippen LogP contribution is -2.31. The van der Waals surface area contributed by atoms with Gasteiger partial charge in [-0.15, -0.1) is 0 Å². The maximum atomic E-state index is 12.3. The molecule has 1 amide bonds. The minimum Gasteiger partial charge on any atom is -0.449 e. The van der Waals surface area contributed by atoms with Crippen LogP contribution in [0.1, 0.15) is 46.3 Å². The molecular weight excluding hydrogens is 402 g/mol. The van der Waals surface area contributed by atoms with Crippen molar-refractivity contribution in [2.45, 2.75) is 38.4 Å². The Morgan fingerprint density at radius 3 is 2.06 bits per heavy atom. The van der Waals surface area contributed by atoms with Gasteiger partial charge in [-0.1, -0.05) is 66.7 Å². The van der Waals surface area contributed by atoms with Crippen LogP contribution in [-0.4, -0.2) is 35.6 Å². The van der Waals surface area contributed by atoms with Crippen molar-refractivity contribution in [2.24, 2.45) is 0 Å². The average molecular weight is 432 g/mol. The Morgan fingerprint density at radius 1 is 0.906 bits per heavy atom. The average Bonchev–Trinajstić information content (AvgIpc) is 3.11.